The maximum Gasteiger partial charge on any atom is 0.372 e. The lowest BCUT2D eigenvalue weighted by atomic mass is 10.0. The molecule has 0 fully saturated rings. The third-order valence-corrected chi connectivity index (χ3v) is 2.53. The number of furan rings is 1. The van der Waals surface area contributed by atoms with Gasteiger partial charge in [0, 0.05) is 5.56 Å². The van der Waals surface area contributed by atoms with Crippen molar-refractivity contribution in [2.45, 2.75) is 13.3 Å². The molecule has 0 bridgehead atoms. The zero-order valence-corrected chi connectivity index (χ0v) is 8.93. The summed E-state index contributed by atoms with van der Waals surface area (Å²) >= 11 is 0. The molecule has 1 heterocycles. The summed E-state index contributed by atoms with van der Waals surface area (Å²) in [4.78, 5) is 10.9. The number of carboxylic acids is 1. The molecule has 2 aromatic rings. The van der Waals surface area contributed by atoms with E-state index in [9.17, 15) is 4.79 Å². The Morgan fingerprint density at radius 1 is 1.25 bits per heavy atom. The van der Waals surface area contributed by atoms with E-state index in [-0.39, 0.29) is 5.76 Å². The summed E-state index contributed by atoms with van der Waals surface area (Å²) < 4.78 is 4.94. The molecule has 0 aliphatic carbocycles. The van der Waals surface area contributed by atoms with Crippen molar-refractivity contribution in [1.29, 1.82) is 0 Å². The van der Waals surface area contributed by atoms with E-state index in [1.54, 1.807) is 6.07 Å². The van der Waals surface area contributed by atoms with Crippen molar-refractivity contribution < 1.29 is 14.3 Å². The van der Waals surface area contributed by atoms with Gasteiger partial charge < -0.3 is 9.52 Å². The molecule has 0 amide bonds. The molecule has 0 saturated carbocycles. The van der Waals surface area contributed by atoms with E-state index in [0.29, 0.717) is 5.56 Å². The SMILES string of the molecule is CCc1ccc(-c2ccoc2C(=O)O)cc1. The molecule has 0 saturated heterocycles. The highest BCUT2D eigenvalue weighted by Crippen LogP contribution is 2.25. The van der Waals surface area contributed by atoms with Gasteiger partial charge in [-0.15, -0.1) is 0 Å². The first-order chi connectivity index (χ1) is 7.72. The molecule has 0 spiro atoms. The first-order valence-electron chi connectivity index (χ1n) is 5.12. The number of carboxylic acid groups (broad SMARTS) is 1. The van der Waals surface area contributed by atoms with Gasteiger partial charge in [0.1, 0.15) is 0 Å². The number of aryl methyl sites for hydroxylation is 1. The van der Waals surface area contributed by atoms with E-state index in [0.717, 1.165) is 12.0 Å². The van der Waals surface area contributed by atoms with Crippen molar-refractivity contribution in [2.75, 3.05) is 0 Å². The fourth-order valence-corrected chi connectivity index (χ4v) is 1.62. The van der Waals surface area contributed by atoms with E-state index < -0.39 is 5.97 Å². The van der Waals surface area contributed by atoms with Crippen LogP contribution in [0.5, 0.6) is 0 Å². The van der Waals surface area contributed by atoms with Crippen molar-refractivity contribution in [3.63, 3.8) is 0 Å². The summed E-state index contributed by atoms with van der Waals surface area (Å²) in [6, 6.07) is 9.48. The molecule has 0 aliphatic rings. The van der Waals surface area contributed by atoms with Crippen LogP contribution < -0.4 is 0 Å². The van der Waals surface area contributed by atoms with Crippen molar-refractivity contribution in [3.8, 4) is 11.1 Å². The van der Waals surface area contributed by atoms with Crippen LogP contribution in [0.4, 0.5) is 0 Å². The minimum Gasteiger partial charge on any atom is -0.475 e. The highest BCUT2D eigenvalue weighted by atomic mass is 16.4. The number of aromatic carboxylic acids is 1. The first kappa shape index (κ1) is 10.5. The zero-order valence-electron chi connectivity index (χ0n) is 8.93. The van der Waals surface area contributed by atoms with Crippen LogP contribution in [0.25, 0.3) is 11.1 Å². The van der Waals surface area contributed by atoms with Gasteiger partial charge in [-0.3, -0.25) is 0 Å². The van der Waals surface area contributed by atoms with Crippen LogP contribution in [-0.2, 0) is 6.42 Å². The van der Waals surface area contributed by atoms with Crippen LogP contribution in [0.1, 0.15) is 23.0 Å². The Bertz CT molecular complexity index is 494. The van der Waals surface area contributed by atoms with Crippen LogP contribution in [-0.4, -0.2) is 11.1 Å². The van der Waals surface area contributed by atoms with Crippen LogP contribution in [0.15, 0.2) is 41.0 Å². The maximum absolute atomic E-state index is 10.9. The zero-order chi connectivity index (χ0) is 11.5. The largest absolute Gasteiger partial charge is 0.475 e. The minimum absolute atomic E-state index is 0.00996. The minimum atomic E-state index is -1.04. The van der Waals surface area contributed by atoms with Gasteiger partial charge in [0.25, 0.3) is 0 Å². The monoisotopic (exact) mass is 216 g/mol. The van der Waals surface area contributed by atoms with Crippen molar-refractivity contribution in [2.24, 2.45) is 0 Å². The Morgan fingerprint density at radius 3 is 2.50 bits per heavy atom. The number of carbonyl (C=O) groups is 1. The Labute approximate surface area is 93.3 Å². The Morgan fingerprint density at radius 2 is 1.94 bits per heavy atom. The topological polar surface area (TPSA) is 50.4 Å². The second kappa shape index (κ2) is 4.23. The van der Waals surface area contributed by atoms with Gasteiger partial charge in [0.05, 0.1) is 6.26 Å². The molecule has 0 radical (unpaired) electrons. The molecular weight excluding hydrogens is 204 g/mol. The van der Waals surface area contributed by atoms with E-state index in [1.807, 2.05) is 24.3 Å². The van der Waals surface area contributed by atoms with Crippen molar-refractivity contribution in [1.82, 2.24) is 0 Å². The van der Waals surface area contributed by atoms with Crippen LogP contribution >= 0.6 is 0 Å². The standard InChI is InChI=1S/C13H12O3/c1-2-9-3-5-10(6-4-9)11-7-8-16-12(11)13(14)15/h3-8H,2H2,1H3,(H,14,15). The Kier molecular flexibility index (Phi) is 2.77. The second-order valence-corrected chi connectivity index (χ2v) is 3.52. The third kappa shape index (κ3) is 1.84. The summed E-state index contributed by atoms with van der Waals surface area (Å²) in [5.74, 6) is -1.05. The highest BCUT2D eigenvalue weighted by molar-refractivity contribution is 5.93. The predicted octanol–water partition coefficient (Wildman–Crippen LogP) is 3.21. The molecule has 0 unspecified atom stereocenters. The van der Waals surface area contributed by atoms with E-state index in [4.69, 9.17) is 9.52 Å². The molecule has 0 aliphatic heterocycles. The van der Waals surface area contributed by atoms with Crippen molar-refractivity contribution in [3.05, 3.63) is 47.9 Å². The normalized spacial score (nSPS) is 10.3. The maximum atomic E-state index is 10.9. The third-order valence-electron chi connectivity index (χ3n) is 2.53. The molecule has 82 valence electrons. The number of rotatable bonds is 3. The van der Waals surface area contributed by atoms with E-state index >= 15 is 0 Å². The quantitative estimate of drug-likeness (QED) is 0.857. The lowest BCUT2D eigenvalue weighted by Gasteiger charge is -2.01. The van der Waals surface area contributed by atoms with Gasteiger partial charge in [0.15, 0.2) is 0 Å². The molecule has 3 heteroatoms. The fraction of sp³-hybridized carbons (Fsp3) is 0.154. The molecule has 1 aromatic heterocycles. The highest BCUT2D eigenvalue weighted by Gasteiger charge is 2.14. The Balaban J connectivity index is 2.42. The molecular formula is C13H12O3. The van der Waals surface area contributed by atoms with Gasteiger partial charge in [0.2, 0.25) is 5.76 Å². The summed E-state index contributed by atoms with van der Waals surface area (Å²) in [5, 5.41) is 8.92. The summed E-state index contributed by atoms with van der Waals surface area (Å²) in [5.41, 5.74) is 2.71. The van der Waals surface area contributed by atoms with Gasteiger partial charge in [-0.1, -0.05) is 31.2 Å². The molecule has 0 atom stereocenters. The fourth-order valence-electron chi connectivity index (χ4n) is 1.62. The van der Waals surface area contributed by atoms with Crippen molar-refractivity contribution >= 4 is 5.97 Å². The van der Waals surface area contributed by atoms with Crippen LogP contribution in [0.2, 0.25) is 0 Å². The average molecular weight is 216 g/mol. The van der Waals surface area contributed by atoms with E-state index in [1.165, 1.54) is 11.8 Å². The van der Waals surface area contributed by atoms with Crippen LogP contribution in [0.3, 0.4) is 0 Å². The van der Waals surface area contributed by atoms with Gasteiger partial charge in [-0.05, 0) is 23.6 Å². The predicted molar refractivity (Wildman–Crippen MR) is 60.5 cm³/mol. The molecule has 2 rings (SSSR count). The van der Waals surface area contributed by atoms with Gasteiger partial charge in [-0.25, -0.2) is 4.79 Å². The molecule has 1 N–H and O–H groups in total. The first-order valence-corrected chi connectivity index (χ1v) is 5.12. The summed E-state index contributed by atoms with van der Waals surface area (Å²) in [7, 11) is 0. The molecule has 16 heavy (non-hydrogen) atoms. The summed E-state index contributed by atoms with van der Waals surface area (Å²) in [6.07, 6.45) is 2.37. The molecule has 1 aromatic carbocycles. The lowest BCUT2D eigenvalue weighted by Crippen LogP contribution is -1.95. The number of hydrogen-bond donors (Lipinski definition) is 1. The van der Waals surface area contributed by atoms with Gasteiger partial charge >= 0.3 is 5.97 Å². The lowest BCUT2D eigenvalue weighted by molar-refractivity contribution is 0.0663. The molecule has 3 nitrogen and oxygen atoms in total. The second-order valence-electron chi connectivity index (χ2n) is 3.52. The van der Waals surface area contributed by atoms with Crippen LogP contribution in [0, 0.1) is 0 Å². The number of hydrogen-bond acceptors (Lipinski definition) is 2. The Hall–Kier alpha value is -2.03. The smallest absolute Gasteiger partial charge is 0.372 e. The van der Waals surface area contributed by atoms with Gasteiger partial charge in [-0.2, -0.15) is 0 Å². The van der Waals surface area contributed by atoms with E-state index in [2.05, 4.69) is 6.92 Å². The number of benzene rings is 1. The average Bonchev–Trinajstić information content (AvgIpc) is 2.78. The summed E-state index contributed by atoms with van der Waals surface area (Å²) in [6.45, 7) is 2.08.